The van der Waals surface area contributed by atoms with Crippen molar-refractivity contribution in [3.8, 4) is 17.6 Å². The second kappa shape index (κ2) is 15.3. The molecule has 0 aliphatic carbocycles. The third kappa shape index (κ3) is 8.64. The van der Waals surface area contributed by atoms with Gasteiger partial charge in [0.05, 0.1) is 25.7 Å². The highest BCUT2D eigenvalue weighted by Crippen LogP contribution is 2.40. The Bertz CT molecular complexity index is 1000. The van der Waals surface area contributed by atoms with Crippen LogP contribution in [0, 0.1) is 21.4 Å². The summed E-state index contributed by atoms with van der Waals surface area (Å²) in [5.74, 6) is 0.364. The van der Waals surface area contributed by atoms with Crippen molar-refractivity contribution in [3.63, 3.8) is 0 Å². The maximum Gasteiger partial charge on any atom is 0.315 e. The fourth-order valence-corrected chi connectivity index (χ4v) is 6.64. The van der Waals surface area contributed by atoms with Gasteiger partial charge in [0.1, 0.15) is 18.2 Å². The van der Waals surface area contributed by atoms with Crippen molar-refractivity contribution in [2.24, 2.45) is 0 Å². The molecule has 0 N–H and O–H groups in total. The van der Waals surface area contributed by atoms with Crippen molar-refractivity contribution in [2.45, 2.75) is 44.3 Å². The van der Waals surface area contributed by atoms with Gasteiger partial charge in [-0.2, -0.15) is 5.26 Å². The Kier molecular flexibility index (Phi) is 12.4. The van der Waals surface area contributed by atoms with E-state index in [9.17, 15) is 25.0 Å². The van der Waals surface area contributed by atoms with Gasteiger partial charge in [-0.1, -0.05) is 28.0 Å². The molecule has 1 aliphatic heterocycles. The number of benzene rings is 1. The Hall–Kier alpha value is -2.91. The normalized spacial score (nSPS) is 15.2. The molecule has 1 saturated heterocycles. The molecule has 1 fully saturated rings. The van der Waals surface area contributed by atoms with Gasteiger partial charge in [-0.3, -0.25) is 19.7 Å². The van der Waals surface area contributed by atoms with Crippen molar-refractivity contribution in [3.05, 3.63) is 33.4 Å². The van der Waals surface area contributed by atoms with Crippen LogP contribution in [0.25, 0.3) is 6.08 Å². The highest BCUT2D eigenvalue weighted by atomic mass is 33.1. The van der Waals surface area contributed by atoms with Crippen LogP contribution in [0.2, 0.25) is 0 Å². The van der Waals surface area contributed by atoms with Gasteiger partial charge < -0.3 is 19.1 Å². The standard InChI is InChI=1S/C24H31N3O7S2/c1-4-26(10-11-34-22(28)8-6-5-7-19-9-12-35-36-19)24(29)18(16-25)13-17-14-20(27(30)31)23(33-3)21(15-17)32-2/h13-15,19H,4-12H2,1-3H3/b18-13+. The number of hydrogen-bond donors (Lipinski definition) is 0. The molecule has 1 aromatic carbocycles. The predicted octanol–water partition coefficient (Wildman–Crippen LogP) is 4.62. The number of hydrogen-bond acceptors (Lipinski definition) is 10. The van der Waals surface area contributed by atoms with E-state index in [1.54, 1.807) is 6.92 Å². The number of nitrogens with zero attached hydrogens (tertiary/aromatic N) is 3. The molecule has 0 bridgehead atoms. The Morgan fingerprint density at radius 2 is 2.08 bits per heavy atom. The quantitative estimate of drug-likeness (QED) is 0.0629. The molecule has 12 heteroatoms. The van der Waals surface area contributed by atoms with Gasteiger partial charge >= 0.3 is 11.7 Å². The third-order valence-corrected chi connectivity index (χ3v) is 8.52. The van der Waals surface area contributed by atoms with E-state index in [0.29, 0.717) is 18.2 Å². The molecule has 36 heavy (non-hydrogen) atoms. The van der Waals surface area contributed by atoms with Crippen LogP contribution in [-0.4, -0.2) is 66.6 Å². The van der Waals surface area contributed by atoms with Gasteiger partial charge in [0.2, 0.25) is 5.75 Å². The number of likely N-dealkylation sites (N-methyl/N-ethyl adjacent to an activating group) is 1. The van der Waals surface area contributed by atoms with Gasteiger partial charge in [-0.05, 0) is 43.9 Å². The maximum atomic E-state index is 12.9. The summed E-state index contributed by atoms with van der Waals surface area (Å²) < 4.78 is 15.5. The summed E-state index contributed by atoms with van der Waals surface area (Å²) in [6, 6.07) is 4.50. The lowest BCUT2D eigenvalue weighted by Crippen LogP contribution is -2.35. The summed E-state index contributed by atoms with van der Waals surface area (Å²) in [5.41, 5.74) is -0.332. The van der Waals surface area contributed by atoms with Gasteiger partial charge in [0.25, 0.3) is 5.91 Å². The molecule has 0 saturated carbocycles. The molecule has 0 aromatic heterocycles. The monoisotopic (exact) mass is 537 g/mol. The fourth-order valence-electron chi connectivity index (χ4n) is 3.61. The smallest absolute Gasteiger partial charge is 0.315 e. The first-order valence-electron chi connectivity index (χ1n) is 11.6. The topological polar surface area (TPSA) is 132 Å². The molecule has 10 nitrogen and oxygen atoms in total. The molecule has 1 unspecified atom stereocenters. The number of carbonyl (C=O) groups excluding carboxylic acids is 2. The van der Waals surface area contributed by atoms with Crippen molar-refractivity contribution in [1.29, 1.82) is 5.26 Å². The average molecular weight is 538 g/mol. The molecule has 0 radical (unpaired) electrons. The van der Waals surface area contributed by atoms with Gasteiger partial charge in [0, 0.05) is 30.0 Å². The van der Waals surface area contributed by atoms with E-state index in [4.69, 9.17) is 14.2 Å². The largest absolute Gasteiger partial charge is 0.493 e. The van der Waals surface area contributed by atoms with Gasteiger partial charge in [0.15, 0.2) is 5.75 Å². The van der Waals surface area contributed by atoms with E-state index in [-0.39, 0.29) is 47.4 Å². The molecule has 1 aromatic rings. The molecule has 2 rings (SSSR count). The van der Waals surface area contributed by atoms with E-state index in [1.165, 1.54) is 49.5 Å². The van der Waals surface area contributed by atoms with Crippen LogP contribution in [0.15, 0.2) is 17.7 Å². The summed E-state index contributed by atoms with van der Waals surface area (Å²) in [6.07, 6.45) is 5.69. The first-order chi connectivity index (χ1) is 17.3. The summed E-state index contributed by atoms with van der Waals surface area (Å²) in [4.78, 5) is 37.1. The summed E-state index contributed by atoms with van der Waals surface area (Å²) in [5, 5.41) is 21.7. The number of nitro groups is 1. The number of esters is 1. The zero-order valence-corrected chi connectivity index (χ0v) is 22.3. The van der Waals surface area contributed by atoms with E-state index >= 15 is 0 Å². The summed E-state index contributed by atoms with van der Waals surface area (Å²) in [6.45, 7) is 2.18. The number of rotatable bonds is 14. The number of amides is 1. The van der Waals surface area contributed by atoms with E-state index in [2.05, 4.69) is 0 Å². The predicted molar refractivity (Wildman–Crippen MR) is 140 cm³/mol. The first kappa shape index (κ1) is 29.3. The Morgan fingerprint density at radius 3 is 2.67 bits per heavy atom. The Morgan fingerprint density at radius 1 is 1.31 bits per heavy atom. The van der Waals surface area contributed by atoms with E-state index in [1.807, 2.05) is 27.7 Å². The second-order valence-corrected chi connectivity index (χ2v) is 10.7. The van der Waals surface area contributed by atoms with Gasteiger partial charge in [-0.15, -0.1) is 0 Å². The third-order valence-electron chi connectivity index (χ3n) is 5.52. The molecule has 1 amide bonds. The van der Waals surface area contributed by atoms with Crippen molar-refractivity contribution < 1.29 is 28.7 Å². The number of unbranched alkanes of at least 4 members (excludes halogenated alkanes) is 1. The lowest BCUT2D eigenvalue weighted by molar-refractivity contribution is -0.385. The zero-order valence-electron chi connectivity index (χ0n) is 20.7. The molecule has 0 spiro atoms. The molecule has 1 heterocycles. The number of methoxy groups -OCH3 is 2. The van der Waals surface area contributed by atoms with Crippen LogP contribution < -0.4 is 9.47 Å². The molecule has 1 aliphatic rings. The summed E-state index contributed by atoms with van der Waals surface area (Å²) >= 11 is 0. The SMILES string of the molecule is CCN(CCOC(=O)CCCCC1CCSS1)C(=O)/C(C#N)=C/c1cc(OC)c(OC)c([N+](=O)[O-])c1. The molecule has 196 valence electrons. The van der Waals surface area contributed by atoms with Gasteiger partial charge in [-0.25, -0.2) is 0 Å². The Balaban J connectivity index is 1.95. The second-order valence-electron chi connectivity index (χ2n) is 7.88. The molecular formula is C24H31N3O7S2. The summed E-state index contributed by atoms with van der Waals surface area (Å²) in [7, 11) is 6.45. The fraction of sp³-hybridized carbons (Fsp3) is 0.542. The highest BCUT2D eigenvalue weighted by molar-refractivity contribution is 8.77. The van der Waals surface area contributed by atoms with Crippen LogP contribution in [0.5, 0.6) is 11.5 Å². The zero-order chi connectivity index (χ0) is 26.5. The van der Waals surface area contributed by atoms with Crippen LogP contribution >= 0.6 is 21.6 Å². The minimum absolute atomic E-state index is 0.0219. The van der Waals surface area contributed by atoms with Crippen LogP contribution in [0.4, 0.5) is 5.69 Å². The van der Waals surface area contributed by atoms with Crippen molar-refractivity contribution in [1.82, 2.24) is 4.90 Å². The molecular weight excluding hydrogens is 506 g/mol. The number of ether oxygens (including phenoxy) is 3. The Labute approximate surface area is 218 Å². The molecule has 1 atom stereocenters. The number of carbonyl (C=O) groups is 2. The minimum Gasteiger partial charge on any atom is -0.493 e. The van der Waals surface area contributed by atoms with Crippen LogP contribution in [0.1, 0.15) is 44.6 Å². The van der Waals surface area contributed by atoms with E-state index in [0.717, 1.165) is 19.3 Å². The number of nitro benzene ring substituents is 1. The van der Waals surface area contributed by atoms with Crippen molar-refractivity contribution >= 4 is 45.2 Å². The van der Waals surface area contributed by atoms with E-state index < -0.39 is 10.8 Å². The highest BCUT2D eigenvalue weighted by Gasteiger charge is 2.23. The first-order valence-corrected chi connectivity index (χ1v) is 14.0. The van der Waals surface area contributed by atoms with Crippen LogP contribution in [0.3, 0.4) is 0 Å². The average Bonchev–Trinajstić information content (AvgIpc) is 3.40. The maximum absolute atomic E-state index is 12.9. The minimum atomic E-state index is -0.633. The van der Waals surface area contributed by atoms with Crippen LogP contribution in [-0.2, 0) is 14.3 Å². The lowest BCUT2D eigenvalue weighted by atomic mass is 10.1. The van der Waals surface area contributed by atoms with Crippen molar-refractivity contribution in [2.75, 3.05) is 39.7 Å². The number of nitriles is 1. The lowest BCUT2D eigenvalue weighted by Gasteiger charge is -2.20.